The number of nitrogens with zero attached hydrogens (tertiary/aromatic N) is 1. The number of amides is 1. The van der Waals surface area contributed by atoms with Gasteiger partial charge in [-0.25, -0.2) is 4.79 Å². The highest BCUT2D eigenvalue weighted by atomic mass is 16.5. The maximum Gasteiger partial charge on any atom is 0.335 e. The number of ether oxygens (including phenoxy) is 2. The maximum absolute atomic E-state index is 12.1. The number of aromatic nitrogens is 1. The Morgan fingerprint density at radius 1 is 1.12 bits per heavy atom. The Kier molecular flexibility index (Phi) is 7.73. The van der Waals surface area contributed by atoms with E-state index >= 15 is 0 Å². The quantitative estimate of drug-likeness (QED) is 0.632. The Balaban J connectivity index is 1.87. The van der Waals surface area contributed by atoms with Gasteiger partial charge in [0.05, 0.1) is 25.4 Å². The molecule has 26 heavy (non-hydrogen) atoms. The molecule has 0 fully saturated rings. The minimum absolute atomic E-state index is 0.0244. The van der Waals surface area contributed by atoms with E-state index in [2.05, 4.69) is 10.3 Å². The number of carboxylic acid groups (broad SMARTS) is 1. The van der Waals surface area contributed by atoms with E-state index < -0.39 is 11.9 Å². The highest BCUT2D eigenvalue weighted by Gasteiger charge is 2.10. The summed E-state index contributed by atoms with van der Waals surface area (Å²) >= 11 is 0. The second-order valence-corrected chi connectivity index (χ2v) is 5.49. The van der Waals surface area contributed by atoms with Gasteiger partial charge in [-0.15, -0.1) is 0 Å². The Hall–Kier alpha value is -2.77. The van der Waals surface area contributed by atoms with Crippen LogP contribution in [0.2, 0.25) is 0 Å². The zero-order chi connectivity index (χ0) is 18.8. The van der Waals surface area contributed by atoms with Crippen molar-refractivity contribution in [2.45, 2.75) is 20.1 Å². The van der Waals surface area contributed by atoms with Crippen molar-refractivity contribution in [3.63, 3.8) is 0 Å². The third-order valence-electron chi connectivity index (χ3n) is 3.53. The number of rotatable bonds is 10. The fraction of sp³-hybridized carbons (Fsp3) is 0.316. The van der Waals surface area contributed by atoms with Gasteiger partial charge in [0.2, 0.25) is 0 Å². The van der Waals surface area contributed by atoms with Crippen molar-refractivity contribution in [2.24, 2.45) is 0 Å². The molecule has 2 aromatic rings. The topological polar surface area (TPSA) is 97.8 Å². The molecule has 7 nitrogen and oxygen atoms in total. The smallest absolute Gasteiger partial charge is 0.335 e. The van der Waals surface area contributed by atoms with Crippen LogP contribution < -0.4 is 5.32 Å². The van der Waals surface area contributed by atoms with Crippen molar-refractivity contribution in [2.75, 3.05) is 19.8 Å². The lowest BCUT2D eigenvalue weighted by Crippen LogP contribution is -2.24. The molecule has 0 saturated carbocycles. The van der Waals surface area contributed by atoms with Gasteiger partial charge in [-0.1, -0.05) is 24.3 Å². The number of hydrogen-bond acceptors (Lipinski definition) is 5. The minimum Gasteiger partial charge on any atom is -0.478 e. The molecule has 138 valence electrons. The third kappa shape index (κ3) is 6.27. The van der Waals surface area contributed by atoms with Crippen LogP contribution in [0.4, 0.5) is 0 Å². The van der Waals surface area contributed by atoms with E-state index in [4.69, 9.17) is 14.6 Å². The molecule has 0 spiro atoms. The van der Waals surface area contributed by atoms with E-state index in [9.17, 15) is 9.59 Å². The van der Waals surface area contributed by atoms with Crippen LogP contribution in [0.15, 0.2) is 42.6 Å². The Morgan fingerprint density at radius 2 is 1.88 bits per heavy atom. The van der Waals surface area contributed by atoms with Crippen LogP contribution in [0.3, 0.4) is 0 Å². The monoisotopic (exact) mass is 358 g/mol. The summed E-state index contributed by atoms with van der Waals surface area (Å²) in [6.07, 6.45) is 1.30. The highest BCUT2D eigenvalue weighted by molar-refractivity contribution is 5.95. The number of carbonyl (C=O) groups excluding carboxylic acids is 1. The molecule has 0 atom stereocenters. The molecular formula is C19H22N2O5. The highest BCUT2D eigenvalue weighted by Crippen LogP contribution is 2.08. The molecule has 0 unspecified atom stereocenters. The molecule has 7 heteroatoms. The minimum atomic E-state index is -1.10. The van der Waals surface area contributed by atoms with Crippen molar-refractivity contribution in [1.82, 2.24) is 10.3 Å². The van der Waals surface area contributed by atoms with Gasteiger partial charge in [0, 0.05) is 19.3 Å². The van der Waals surface area contributed by atoms with E-state index in [-0.39, 0.29) is 11.3 Å². The van der Waals surface area contributed by atoms with Crippen LogP contribution in [0.25, 0.3) is 0 Å². The summed E-state index contributed by atoms with van der Waals surface area (Å²) in [5, 5.41) is 11.7. The molecule has 1 amide bonds. The maximum atomic E-state index is 12.1. The first-order valence-corrected chi connectivity index (χ1v) is 8.31. The summed E-state index contributed by atoms with van der Waals surface area (Å²) < 4.78 is 10.7. The fourth-order valence-corrected chi connectivity index (χ4v) is 2.24. The van der Waals surface area contributed by atoms with E-state index in [1.807, 2.05) is 31.2 Å². The molecule has 0 radical (unpaired) electrons. The number of nitrogens with one attached hydrogen (secondary N) is 1. The largest absolute Gasteiger partial charge is 0.478 e. The molecule has 0 saturated heterocycles. The molecule has 2 rings (SSSR count). The van der Waals surface area contributed by atoms with Gasteiger partial charge in [-0.05, 0) is 30.2 Å². The third-order valence-corrected chi connectivity index (χ3v) is 3.53. The van der Waals surface area contributed by atoms with Crippen LogP contribution in [-0.2, 0) is 22.6 Å². The SMILES string of the molecule is CCOCCOCc1cccc(CNC(=O)c2cc(C(=O)O)ccn2)c1. The van der Waals surface area contributed by atoms with Crippen LogP contribution in [0.5, 0.6) is 0 Å². The molecule has 0 aliphatic carbocycles. The van der Waals surface area contributed by atoms with E-state index in [1.165, 1.54) is 18.3 Å². The Morgan fingerprint density at radius 3 is 2.65 bits per heavy atom. The summed E-state index contributed by atoms with van der Waals surface area (Å²) in [4.78, 5) is 27.0. The van der Waals surface area contributed by atoms with Crippen LogP contribution in [-0.4, -0.2) is 41.8 Å². The summed E-state index contributed by atoms with van der Waals surface area (Å²) in [7, 11) is 0. The van der Waals surface area contributed by atoms with Gasteiger partial charge in [0.25, 0.3) is 5.91 Å². The van der Waals surface area contributed by atoms with Crippen molar-refractivity contribution in [3.8, 4) is 0 Å². The van der Waals surface area contributed by atoms with E-state index in [0.717, 1.165) is 11.1 Å². The van der Waals surface area contributed by atoms with Gasteiger partial charge < -0.3 is 19.9 Å². The summed E-state index contributed by atoms with van der Waals surface area (Å²) in [6.45, 7) is 4.48. The zero-order valence-corrected chi connectivity index (χ0v) is 14.6. The molecule has 0 bridgehead atoms. The van der Waals surface area contributed by atoms with Gasteiger partial charge in [-0.2, -0.15) is 0 Å². The summed E-state index contributed by atoms with van der Waals surface area (Å²) in [5.74, 6) is -1.52. The first-order chi connectivity index (χ1) is 12.6. The van der Waals surface area contributed by atoms with Gasteiger partial charge >= 0.3 is 5.97 Å². The van der Waals surface area contributed by atoms with Gasteiger partial charge in [0.15, 0.2) is 0 Å². The lowest BCUT2D eigenvalue weighted by Gasteiger charge is -2.08. The zero-order valence-electron chi connectivity index (χ0n) is 14.6. The molecule has 1 aromatic heterocycles. The van der Waals surface area contributed by atoms with E-state index in [0.29, 0.717) is 33.0 Å². The number of carbonyl (C=O) groups is 2. The lowest BCUT2D eigenvalue weighted by atomic mass is 10.1. The first kappa shape index (κ1) is 19.6. The predicted molar refractivity (Wildman–Crippen MR) is 95.0 cm³/mol. The van der Waals surface area contributed by atoms with Crippen LogP contribution in [0, 0.1) is 0 Å². The Labute approximate surface area is 152 Å². The average Bonchev–Trinajstić information content (AvgIpc) is 2.66. The van der Waals surface area contributed by atoms with Gasteiger partial charge in [0.1, 0.15) is 5.69 Å². The van der Waals surface area contributed by atoms with Crippen molar-refractivity contribution in [3.05, 3.63) is 65.0 Å². The lowest BCUT2D eigenvalue weighted by molar-refractivity contribution is 0.0453. The second-order valence-electron chi connectivity index (χ2n) is 5.49. The van der Waals surface area contributed by atoms with Crippen LogP contribution in [0.1, 0.15) is 38.9 Å². The summed E-state index contributed by atoms with van der Waals surface area (Å²) in [6, 6.07) is 10.3. The number of carboxylic acids is 1. The van der Waals surface area contributed by atoms with Crippen molar-refractivity contribution >= 4 is 11.9 Å². The number of hydrogen-bond donors (Lipinski definition) is 2. The fourth-order valence-electron chi connectivity index (χ4n) is 2.24. The van der Waals surface area contributed by atoms with Crippen molar-refractivity contribution < 1.29 is 24.2 Å². The number of benzene rings is 1. The van der Waals surface area contributed by atoms with Gasteiger partial charge in [-0.3, -0.25) is 9.78 Å². The predicted octanol–water partition coefficient (Wildman–Crippen LogP) is 2.26. The normalized spacial score (nSPS) is 10.5. The first-order valence-electron chi connectivity index (χ1n) is 8.31. The number of pyridine rings is 1. The number of aromatic carboxylic acids is 1. The molecule has 2 N–H and O–H groups in total. The van der Waals surface area contributed by atoms with E-state index in [1.54, 1.807) is 0 Å². The molecule has 1 aromatic carbocycles. The molecular weight excluding hydrogens is 336 g/mol. The second kappa shape index (κ2) is 10.3. The average molecular weight is 358 g/mol. The molecule has 0 aliphatic rings. The Bertz CT molecular complexity index is 748. The summed E-state index contributed by atoms with van der Waals surface area (Å²) in [5.41, 5.74) is 2.01. The standard InChI is InChI=1S/C19H22N2O5/c1-2-25-8-9-26-13-15-5-3-4-14(10-15)12-21-18(22)17-11-16(19(23)24)6-7-20-17/h3-7,10-11H,2,8-9,12-13H2,1H3,(H,21,22)(H,23,24). The molecule has 1 heterocycles. The molecule has 0 aliphatic heterocycles. The van der Waals surface area contributed by atoms with Crippen molar-refractivity contribution in [1.29, 1.82) is 0 Å². The van der Waals surface area contributed by atoms with Crippen LogP contribution >= 0.6 is 0 Å².